The molecule has 166 valence electrons. The Balaban J connectivity index is 1.77. The zero-order valence-electron chi connectivity index (χ0n) is 16.9. The van der Waals surface area contributed by atoms with Crippen molar-refractivity contribution in [2.45, 2.75) is 25.7 Å². The second-order valence-electron chi connectivity index (χ2n) is 6.78. The number of nitrogens with one attached hydrogen (secondary N) is 2. The Morgan fingerprint density at radius 3 is 2.52 bits per heavy atom. The number of halogens is 3. The highest BCUT2D eigenvalue weighted by atomic mass is 35.5. The van der Waals surface area contributed by atoms with E-state index in [4.69, 9.17) is 27.9 Å². The van der Waals surface area contributed by atoms with Crippen LogP contribution >= 0.6 is 23.2 Å². The van der Waals surface area contributed by atoms with Crippen LogP contribution in [-0.4, -0.2) is 37.5 Å². The summed E-state index contributed by atoms with van der Waals surface area (Å²) in [5.74, 6) is -2.77. The second kappa shape index (κ2) is 12.3. The Morgan fingerprint density at radius 2 is 1.84 bits per heavy atom. The molecule has 0 spiro atoms. The van der Waals surface area contributed by atoms with Gasteiger partial charge in [-0.25, -0.2) is 4.39 Å². The van der Waals surface area contributed by atoms with E-state index in [1.165, 1.54) is 18.2 Å². The molecule has 2 aromatic rings. The van der Waals surface area contributed by atoms with Crippen LogP contribution in [0.5, 0.6) is 0 Å². The summed E-state index contributed by atoms with van der Waals surface area (Å²) < 4.78 is 18.4. The number of hydrogen-bond acceptors (Lipinski definition) is 4. The van der Waals surface area contributed by atoms with Crippen molar-refractivity contribution in [3.63, 3.8) is 0 Å². The number of amides is 2. The van der Waals surface area contributed by atoms with Crippen LogP contribution in [-0.2, 0) is 14.3 Å². The molecule has 0 heterocycles. The van der Waals surface area contributed by atoms with E-state index >= 15 is 0 Å². The molecule has 6 nitrogen and oxygen atoms in total. The molecule has 0 aliphatic rings. The minimum Gasteiger partial charge on any atom is -0.454 e. The molecule has 0 saturated heterocycles. The molecule has 2 amide bonds. The second-order valence-corrected chi connectivity index (χ2v) is 7.62. The van der Waals surface area contributed by atoms with Crippen LogP contribution in [0, 0.1) is 5.82 Å². The summed E-state index contributed by atoms with van der Waals surface area (Å²) in [6.07, 6.45) is 1.68. The molecule has 0 saturated carbocycles. The fourth-order valence-electron chi connectivity index (χ4n) is 2.93. The average molecular weight is 469 g/mol. The van der Waals surface area contributed by atoms with E-state index in [0.717, 1.165) is 24.5 Å². The number of ether oxygens (including phenoxy) is 1. The van der Waals surface area contributed by atoms with E-state index in [-0.39, 0.29) is 11.5 Å². The lowest BCUT2D eigenvalue weighted by molar-refractivity contribution is -0.147. The molecular formula is C22H23Cl2FN2O4. The van der Waals surface area contributed by atoms with Gasteiger partial charge in [-0.2, -0.15) is 0 Å². The van der Waals surface area contributed by atoms with Crippen LogP contribution in [0.1, 0.15) is 41.6 Å². The van der Waals surface area contributed by atoms with Gasteiger partial charge in [0.05, 0.1) is 5.56 Å². The lowest BCUT2D eigenvalue weighted by atomic mass is 9.94. The topological polar surface area (TPSA) is 84.5 Å². The predicted molar refractivity (Wildman–Crippen MR) is 117 cm³/mol. The van der Waals surface area contributed by atoms with Gasteiger partial charge in [-0.3, -0.25) is 14.4 Å². The molecule has 0 aromatic heterocycles. The molecule has 0 fully saturated rings. The average Bonchev–Trinajstić information content (AvgIpc) is 2.74. The smallest absolute Gasteiger partial charge is 0.325 e. The highest BCUT2D eigenvalue weighted by Crippen LogP contribution is 2.30. The molecule has 31 heavy (non-hydrogen) atoms. The lowest BCUT2D eigenvalue weighted by Gasteiger charge is -2.19. The lowest BCUT2D eigenvalue weighted by Crippen LogP contribution is -2.35. The van der Waals surface area contributed by atoms with Crippen LogP contribution in [0.25, 0.3) is 0 Å². The van der Waals surface area contributed by atoms with Gasteiger partial charge in [0.1, 0.15) is 12.4 Å². The van der Waals surface area contributed by atoms with Gasteiger partial charge in [-0.15, -0.1) is 0 Å². The fraction of sp³-hybridized carbons (Fsp3) is 0.318. The van der Waals surface area contributed by atoms with Gasteiger partial charge in [0.15, 0.2) is 6.61 Å². The Kier molecular flexibility index (Phi) is 9.75. The van der Waals surface area contributed by atoms with Gasteiger partial charge in [0, 0.05) is 22.5 Å². The Morgan fingerprint density at radius 1 is 1.10 bits per heavy atom. The van der Waals surface area contributed by atoms with Crippen LogP contribution in [0.2, 0.25) is 10.0 Å². The molecule has 2 N–H and O–H groups in total. The highest BCUT2D eigenvalue weighted by Gasteiger charge is 2.17. The normalized spacial score (nSPS) is 11.5. The Bertz CT molecular complexity index is 939. The van der Waals surface area contributed by atoms with Crippen molar-refractivity contribution in [1.29, 1.82) is 0 Å². The molecule has 0 aliphatic heterocycles. The minimum atomic E-state index is -0.814. The number of hydrogen-bond donors (Lipinski definition) is 2. The summed E-state index contributed by atoms with van der Waals surface area (Å²) in [5.41, 5.74) is 0.692. The van der Waals surface area contributed by atoms with Crippen molar-refractivity contribution < 1.29 is 23.5 Å². The third-order valence-corrected chi connectivity index (χ3v) is 5.02. The van der Waals surface area contributed by atoms with Gasteiger partial charge in [-0.05, 0) is 36.2 Å². The van der Waals surface area contributed by atoms with E-state index in [2.05, 4.69) is 10.6 Å². The van der Waals surface area contributed by atoms with E-state index in [0.29, 0.717) is 16.6 Å². The molecule has 2 aromatic carbocycles. The number of esters is 1. The molecule has 1 atom stereocenters. The molecule has 0 bridgehead atoms. The minimum absolute atomic E-state index is 0.0190. The summed E-state index contributed by atoms with van der Waals surface area (Å²) in [6, 6.07) is 10.6. The van der Waals surface area contributed by atoms with Crippen LogP contribution in [0.15, 0.2) is 42.5 Å². The third-order valence-electron chi connectivity index (χ3n) is 4.46. The first kappa shape index (κ1) is 24.6. The van der Waals surface area contributed by atoms with Crippen molar-refractivity contribution in [2.75, 3.05) is 19.7 Å². The third kappa shape index (κ3) is 7.84. The van der Waals surface area contributed by atoms with Crippen LogP contribution in [0.4, 0.5) is 4.39 Å². The maximum absolute atomic E-state index is 13.5. The zero-order valence-corrected chi connectivity index (χ0v) is 18.4. The fourth-order valence-corrected chi connectivity index (χ4v) is 3.49. The molecule has 2 rings (SSSR count). The largest absolute Gasteiger partial charge is 0.454 e. The summed E-state index contributed by atoms with van der Waals surface area (Å²) >= 11 is 12.2. The Labute approximate surface area is 190 Å². The van der Waals surface area contributed by atoms with E-state index in [1.807, 2.05) is 13.0 Å². The summed E-state index contributed by atoms with van der Waals surface area (Å²) in [6.45, 7) is 1.35. The van der Waals surface area contributed by atoms with Crippen LogP contribution < -0.4 is 10.6 Å². The predicted octanol–water partition coefficient (Wildman–Crippen LogP) is 4.11. The Hall–Kier alpha value is -2.64. The SMILES string of the molecule is CCCC(CNC(=O)COC(=O)CNC(=O)c1ccccc1F)c1ccc(Cl)cc1Cl. The molecule has 0 aliphatic carbocycles. The number of rotatable bonds is 10. The van der Waals surface area contributed by atoms with Crippen molar-refractivity contribution in [3.8, 4) is 0 Å². The van der Waals surface area contributed by atoms with Crippen molar-refractivity contribution in [3.05, 3.63) is 69.5 Å². The first-order chi connectivity index (χ1) is 14.8. The maximum Gasteiger partial charge on any atom is 0.325 e. The van der Waals surface area contributed by atoms with Crippen molar-refractivity contribution >= 4 is 41.0 Å². The molecule has 0 radical (unpaired) electrons. The zero-order chi connectivity index (χ0) is 22.8. The number of carbonyl (C=O) groups excluding carboxylic acids is 3. The standard InChI is InChI=1S/C22H23Cl2FN2O4/c1-2-5-14(16-9-8-15(23)10-18(16)24)11-26-20(28)13-31-21(29)12-27-22(30)17-6-3-4-7-19(17)25/h3-4,6-10,14H,2,5,11-13H2,1H3,(H,26,28)(H,27,30). The molecule has 1 unspecified atom stereocenters. The van der Waals surface area contributed by atoms with Gasteiger partial charge in [-0.1, -0.05) is 54.7 Å². The van der Waals surface area contributed by atoms with Crippen molar-refractivity contribution in [1.82, 2.24) is 10.6 Å². The monoisotopic (exact) mass is 468 g/mol. The summed E-state index contributed by atoms with van der Waals surface area (Å²) in [7, 11) is 0. The molecule has 9 heteroatoms. The number of carbonyl (C=O) groups is 3. The summed E-state index contributed by atoms with van der Waals surface area (Å²) in [5, 5.41) is 6.02. The van der Waals surface area contributed by atoms with Gasteiger partial charge >= 0.3 is 5.97 Å². The first-order valence-corrected chi connectivity index (χ1v) is 10.5. The molecular weight excluding hydrogens is 446 g/mol. The van der Waals surface area contributed by atoms with E-state index in [1.54, 1.807) is 12.1 Å². The maximum atomic E-state index is 13.5. The van der Waals surface area contributed by atoms with Gasteiger partial charge in [0.2, 0.25) is 0 Å². The van der Waals surface area contributed by atoms with E-state index in [9.17, 15) is 18.8 Å². The van der Waals surface area contributed by atoms with Crippen LogP contribution in [0.3, 0.4) is 0 Å². The highest BCUT2D eigenvalue weighted by molar-refractivity contribution is 6.35. The van der Waals surface area contributed by atoms with Gasteiger partial charge < -0.3 is 15.4 Å². The summed E-state index contributed by atoms with van der Waals surface area (Å²) in [4.78, 5) is 35.7. The van der Waals surface area contributed by atoms with E-state index < -0.39 is 36.8 Å². The first-order valence-electron chi connectivity index (χ1n) is 9.71. The quantitative estimate of drug-likeness (QED) is 0.513. The van der Waals surface area contributed by atoms with Crippen molar-refractivity contribution in [2.24, 2.45) is 0 Å². The van der Waals surface area contributed by atoms with Gasteiger partial charge in [0.25, 0.3) is 11.8 Å². The number of benzene rings is 2.